The number of nitrogens with zero attached hydrogens (tertiary/aromatic N) is 3. The molecule has 1 aromatic carbocycles. The smallest absolute Gasteiger partial charge is 0.158 e. The molecule has 90 valence electrons. The SMILES string of the molecule is Cc1cc(-c2nc(CCN)nn2C)ccc1F. The van der Waals surface area contributed by atoms with Gasteiger partial charge in [0.1, 0.15) is 5.82 Å². The Bertz CT molecular complexity index is 533. The number of aromatic nitrogens is 3. The molecule has 2 rings (SSSR count). The van der Waals surface area contributed by atoms with E-state index < -0.39 is 0 Å². The Balaban J connectivity index is 2.41. The minimum absolute atomic E-state index is 0.210. The predicted molar refractivity (Wildman–Crippen MR) is 63.9 cm³/mol. The van der Waals surface area contributed by atoms with Crippen molar-refractivity contribution >= 4 is 0 Å². The largest absolute Gasteiger partial charge is 0.330 e. The van der Waals surface area contributed by atoms with Crippen molar-refractivity contribution in [3.63, 3.8) is 0 Å². The molecular weight excluding hydrogens is 219 g/mol. The Kier molecular flexibility index (Phi) is 3.19. The fraction of sp³-hybridized carbons (Fsp3) is 0.333. The maximum Gasteiger partial charge on any atom is 0.158 e. The van der Waals surface area contributed by atoms with Crippen LogP contribution in [0.3, 0.4) is 0 Å². The fourth-order valence-corrected chi connectivity index (χ4v) is 1.71. The molecule has 0 saturated heterocycles. The molecule has 1 aromatic heterocycles. The summed E-state index contributed by atoms with van der Waals surface area (Å²) in [6.45, 7) is 2.25. The normalized spacial score (nSPS) is 10.8. The second kappa shape index (κ2) is 4.63. The molecule has 0 amide bonds. The summed E-state index contributed by atoms with van der Waals surface area (Å²) in [5.41, 5.74) is 6.93. The van der Waals surface area contributed by atoms with E-state index in [1.165, 1.54) is 6.07 Å². The first-order valence-corrected chi connectivity index (χ1v) is 5.48. The van der Waals surface area contributed by atoms with Crippen LogP contribution >= 0.6 is 0 Å². The van der Waals surface area contributed by atoms with Gasteiger partial charge in [-0.05, 0) is 37.2 Å². The fourth-order valence-electron chi connectivity index (χ4n) is 1.71. The van der Waals surface area contributed by atoms with Crippen molar-refractivity contribution in [2.75, 3.05) is 6.54 Å². The molecule has 1 heterocycles. The van der Waals surface area contributed by atoms with E-state index in [0.29, 0.717) is 24.4 Å². The van der Waals surface area contributed by atoms with Gasteiger partial charge in [0.25, 0.3) is 0 Å². The molecule has 0 bridgehead atoms. The van der Waals surface area contributed by atoms with Crippen LogP contribution in [0.15, 0.2) is 18.2 Å². The average molecular weight is 234 g/mol. The van der Waals surface area contributed by atoms with Gasteiger partial charge in [-0.1, -0.05) is 0 Å². The molecule has 0 fully saturated rings. The highest BCUT2D eigenvalue weighted by Gasteiger charge is 2.10. The third-order valence-corrected chi connectivity index (χ3v) is 2.59. The molecule has 2 N–H and O–H groups in total. The quantitative estimate of drug-likeness (QED) is 0.874. The summed E-state index contributed by atoms with van der Waals surface area (Å²) in [6, 6.07) is 4.92. The first-order valence-electron chi connectivity index (χ1n) is 5.48. The van der Waals surface area contributed by atoms with Crippen LogP contribution in [0.1, 0.15) is 11.4 Å². The molecule has 2 aromatic rings. The molecular formula is C12H15FN4. The zero-order valence-electron chi connectivity index (χ0n) is 9.94. The zero-order valence-corrected chi connectivity index (χ0v) is 9.94. The first kappa shape index (κ1) is 11.7. The van der Waals surface area contributed by atoms with E-state index in [1.54, 1.807) is 23.7 Å². The van der Waals surface area contributed by atoms with Crippen LogP contribution in [0.2, 0.25) is 0 Å². The number of hydrogen-bond acceptors (Lipinski definition) is 3. The van der Waals surface area contributed by atoms with E-state index in [2.05, 4.69) is 10.1 Å². The van der Waals surface area contributed by atoms with Crippen LogP contribution in [-0.4, -0.2) is 21.3 Å². The molecule has 4 nitrogen and oxygen atoms in total. The van der Waals surface area contributed by atoms with Gasteiger partial charge < -0.3 is 5.73 Å². The Labute approximate surface area is 99.3 Å². The Morgan fingerprint density at radius 2 is 2.18 bits per heavy atom. The van der Waals surface area contributed by atoms with Crippen molar-refractivity contribution in [3.8, 4) is 11.4 Å². The summed E-state index contributed by atoms with van der Waals surface area (Å²) in [5, 5.41) is 4.26. The lowest BCUT2D eigenvalue weighted by Gasteiger charge is -2.02. The lowest BCUT2D eigenvalue weighted by molar-refractivity contribution is 0.618. The Hall–Kier alpha value is -1.75. The van der Waals surface area contributed by atoms with Gasteiger partial charge in [0.05, 0.1) is 0 Å². The van der Waals surface area contributed by atoms with Gasteiger partial charge in [-0.25, -0.2) is 14.1 Å². The summed E-state index contributed by atoms with van der Waals surface area (Å²) in [6.07, 6.45) is 0.647. The maximum absolute atomic E-state index is 13.2. The minimum Gasteiger partial charge on any atom is -0.330 e. The van der Waals surface area contributed by atoms with Crippen LogP contribution in [0, 0.1) is 12.7 Å². The van der Waals surface area contributed by atoms with Crippen LogP contribution in [0.5, 0.6) is 0 Å². The van der Waals surface area contributed by atoms with E-state index >= 15 is 0 Å². The number of nitrogens with two attached hydrogens (primary N) is 1. The van der Waals surface area contributed by atoms with Crippen molar-refractivity contribution in [3.05, 3.63) is 35.4 Å². The molecule has 5 heteroatoms. The predicted octanol–water partition coefficient (Wildman–Crippen LogP) is 1.43. The van der Waals surface area contributed by atoms with Crippen molar-refractivity contribution in [1.82, 2.24) is 14.8 Å². The second-order valence-electron chi connectivity index (χ2n) is 3.98. The third-order valence-electron chi connectivity index (χ3n) is 2.59. The number of rotatable bonds is 3. The van der Waals surface area contributed by atoms with Crippen molar-refractivity contribution in [2.45, 2.75) is 13.3 Å². The number of aryl methyl sites for hydroxylation is 2. The lowest BCUT2D eigenvalue weighted by atomic mass is 10.1. The van der Waals surface area contributed by atoms with Crippen LogP contribution in [-0.2, 0) is 13.5 Å². The van der Waals surface area contributed by atoms with E-state index in [1.807, 2.05) is 7.05 Å². The second-order valence-corrected chi connectivity index (χ2v) is 3.98. The third kappa shape index (κ3) is 2.34. The lowest BCUT2D eigenvalue weighted by Crippen LogP contribution is -2.04. The maximum atomic E-state index is 13.2. The average Bonchev–Trinajstić information content (AvgIpc) is 2.64. The minimum atomic E-state index is -0.210. The van der Waals surface area contributed by atoms with E-state index in [4.69, 9.17) is 5.73 Å². The van der Waals surface area contributed by atoms with Crippen LogP contribution in [0.4, 0.5) is 4.39 Å². The number of benzene rings is 1. The van der Waals surface area contributed by atoms with Crippen LogP contribution in [0.25, 0.3) is 11.4 Å². The number of halogens is 1. The van der Waals surface area contributed by atoms with E-state index in [-0.39, 0.29) is 5.82 Å². The summed E-state index contributed by atoms with van der Waals surface area (Å²) < 4.78 is 14.9. The van der Waals surface area contributed by atoms with Gasteiger partial charge in [-0.15, -0.1) is 0 Å². The van der Waals surface area contributed by atoms with Gasteiger partial charge in [-0.3, -0.25) is 0 Å². The van der Waals surface area contributed by atoms with Crippen molar-refractivity contribution < 1.29 is 4.39 Å². The molecule has 0 aliphatic heterocycles. The zero-order chi connectivity index (χ0) is 12.4. The summed E-state index contributed by atoms with van der Waals surface area (Å²) in [7, 11) is 1.82. The number of hydrogen-bond donors (Lipinski definition) is 1. The van der Waals surface area contributed by atoms with Gasteiger partial charge in [0, 0.05) is 19.0 Å². The molecule has 0 saturated carbocycles. The van der Waals surface area contributed by atoms with Gasteiger partial charge in [0.15, 0.2) is 11.6 Å². The molecule has 0 spiro atoms. The van der Waals surface area contributed by atoms with E-state index in [0.717, 1.165) is 11.4 Å². The first-order chi connectivity index (χ1) is 8.11. The van der Waals surface area contributed by atoms with Crippen molar-refractivity contribution in [2.24, 2.45) is 12.8 Å². The summed E-state index contributed by atoms with van der Waals surface area (Å²) >= 11 is 0. The summed E-state index contributed by atoms with van der Waals surface area (Å²) in [5.74, 6) is 1.24. The molecule has 0 aliphatic carbocycles. The van der Waals surface area contributed by atoms with Gasteiger partial charge in [0.2, 0.25) is 0 Å². The van der Waals surface area contributed by atoms with E-state index in [9.17, 15) is 4.39 Å². The molecule has 0 aliphatic rings. The molecule has 17 heavy (non-hydrogen) atoms. The highest BCUT2D eigenvalue weighted by Crippen LogP contribution is 2.19. The topological polar surface area (TPSA) is 56.7 Å². The molecule has 0 unspecified atom stereocenters. The van der Waals surface area contributed by atoms with Gasteiger partial charge in [-0.2, -0.15) is 5.10 Å². The Morgan fingerprint density at radius 3 is 2.82 bits per heavy atom. The highest BCUT2D eigenvalue weighted by atomic mass is 19.1. The van der Waals surface area contributed by atoms with Gasteiger partial charge >= 0.3 is 0 Å². The van der Waals surface area contributed by atoms with Crippen molar-refractivity contribution in [1.29, 1.82) is 0 Å². The molecule has 0 atom stereocenters. The highest BCUT2D eigenvalue weighted by molar-refractivity contribution is 5.56. The standard InChI is InChI=1S/C12H15FN4/c1-8-7-9(3-4-10(8)13)12-15-11(5-6-14)16-17(12)2/h3-4,7H,5-6,14H2,1-2H3. The van der Waals surface area contributed by atoms with Crippen LogP contribution < -0.4 is 5.73 Å². The summed E-state index contributed by atoms with van der Waals surface area (Å²) in [4.78, 5) is 4.39. The monoisotopic (exact) mass is 234 g/mol. The Morgan fingerprint density at radius 1 is 1.41 bits per heavy atom. The molecule has 0 radical (unpaired) electrons.